The molecule has 0 aromatic carbocycles. The highest BCUT2D eigenvalue weighted by molar-refractivity contribution is 5.84. The second kappa shape index (κ2) is 6.80. The molecule has 4 rings (SSSR count). The van der Waals surface area contributed by atoms with E-state index in [0.29, 0.717) is 17.0 Å². The summed E-state index contributed by atoms with van der Waals surface area (Å²) in [6.45, 7) is -0.406. The molecule has 4 atom stereocenters. The van der Waals surface area contributed by atoms with Crippen LogP contribution in [0.1, 0.15) is 11.9 Å². The molecule has 3 aromatic heterocycles. The van der Waals surface area contributed by atoms with E-state index in [2.05, 4.69) is 30.5 Å². The van der Waals surface area contributed by atoms with Crippen LogP contribution in [0.15, 0.2) is 36.1 Å². The maximum atomic E-state index is 10.2. The molecule has 11 nitrogen and oxygen atoms in total. The molecule has 1 fully saturated rings. The van der Waals surface area contributed by atoms with Crippen LogP contribution in [0.2, 0.25) is 0 Å². The Morgan fingerprint density at radius 3 is 2.92 bits per heavy atom. The van der Waals surface area contributed by atoms with Crippen molar-refractivity contribution >= 4 is 23.2 Å². The highest BCUT2D eigenvalue weighted by Gasteiger charge is 2.44. The highest BCUT2D eigenvalue weighted by atomic mass is 16.6. The van der Waals surface area contributed by atoms with E-state index in [9.17, 15) is 15.3 Å². The van der Waals surface area contributed by atoms with Gasteiger partial charge in [-0.15, -0.1) is 0 Å². The monoisotopic (exact) mass is 359 g/mol. The van der Waals surface area contributed by atoms with Gasteiger partial charge >= 0.3 is 0 Å². The SMILES string of the molecule is OCC1OC(n2cnc3c(N/N=C/c4ccc[nH]4)ncnc32)C(O)C1O. The van der Waals surface area contributed by atoms with E-state index >= 15 is 0 Å². The lowest BCUT2D eigenvalue weighted by Gasteiger charge is -2.16. The van der Waals surface area contributed by atoms with Crippen LogP contribution in [-0.4, -0.2) is 71.0 Å². The van der Waals surface area contributed by atoms with Gasteiger partial charge in [-0.3, -0.25) is 9.99 Å². The van der Waals surface area contributed by atoms with Gasteiger partial charge in [0.05, 0.1) is 24.8 Å². The minimum absolute atomic E-state index is 0.378. The number of aliphatic hydroxyl groups excluding tert-OH is 3. The van der Waals surface area contributed by atoms with Gasteiger partial charge in [0.15, 0.2) is 23.2 Å². The van der Waals surface area contributed by atoms with Crippen LogP contribution in [0.5, 0.6) is 0 Å². The maximum Gasteiger partial charge on any atom is 0.177 e. The molecule has 11 heteroatoms. The van der Waals surface area contributed by atoms with Crippen molar-refractivity contribution < 1.29 is 20.1 Å². The predicted octanol–water partition coefficient (Wildman–Crippen LogP) is -0.788. The average molecular weight is 359 g/mol. The first kappa shape index (κ1) is 16.6. The molecule has 0 spiro atoms. The van der Waals surface area contributed by atoms with E-state index in [1.807, 2.05) is 12.1 Å². The van der Waals surface area contributed by atoms with E-state index in [1.54, 1.807) is 12.4 Å². The van der Waals surface area contributed by atoms with Crippen molar-refractivity contribution in [1.82, 2.24) is 24.5 Å². The minimum Gasteiger partial charge on any atom is -0.394 e. The van der Waals surface area contributed by atoms with Crippen LogP contribution in [0.25, 0.3) is 11.2 Å². The maximum absolute atomic E-state index is 10.2. The zero-order valence-electron chi connectivity index (χ0n) is 13.5. The highest BCUT2D eigenvalue weighted by Crippen LogP contribution is 2.31. The molecular formula is C15H17N7O4. The van der Waals surface area contributed by atoms with Gasteiger partial charge in [-0.25, -0.2) is 15.0 Å². The number of ether oxygens (including phenoxy) is 1. The van der Waals surface area contributed by atoms with Gasteiger partial charge in [-0.05, 0) is 12.1 Å². The number of nitrogens with zero attached hydrogens (tertiary/aromatic N) is 5. The summed E-state index contributed by atoms with van der Waals surface area (Å²) in [5, 5.41) is 33.4. The number of imidazole rings is 1. The number of hydrazone groups is 1. The van der Waals surface area contributed by atoms with E-state index in [-0.39, 0.29) is 0 Å². The van der Waals surface area contributed by atoms with Crippen molar-refractivity contribution in [3.8, 4) is 0 Å². The van der Waals surface area contributed by atoms with Crippen molar-refractivity contribution in [3.63, 3.8) is 0 Å². The number of anilines is 1. The zero-order valence-corrected chi connectivity index (χ0v) is 13.5. The first-order valence-corrected chi connectivity index (χ1v) is 7.91. The van der Waals surface area contributed by atoms with E-state index in [0.717, 1.165) is 5.69 Å². The van der Waals surface area contributed by atoms with Gasteiger partial charge in [0, 0.05) is 6.20 Å². The molecular weight excluding hydrogens is 342 g/mol. The Morgan fingerprint density at radius 2 is 2.19 bits per heavy atom. The number of hydrogen-bond donors (Lipinski definition) is 5. The number of rotatable bonds is 5. The number of aromatic nitrogens is 5. The third-order valence-corrected chi connectivity index (χ3v) is 4.15. The minimum atomic E-state index is -1.22. The molecule has 0 bridgehead atoms. The fourth-order valence-corrected chi connectivity index (χ4v) is 2.82. The van der Waals surface area contributed by atoms with Crippen molar-refractivity contribution in [2.24, 2.45) is 5.10 Å². The number of hydrogen-bond acceptors (Lipinski definition) is 9. The fourth-order valence-electron chi connectivity index (χ4n) is 2.82. The fraction of sp³-hybridized carbons (Fsp3) is 0.333. The van der Waals surface area contributed by atoms with Crippen molar-refractivity contribution in [1.29, 1.82) is 0 Å². The van der Waals surface area contributed by atoms with Crippen molar-refractivity contribution in [2.45, 2.75) is 24.5 Å². The van der Waals surface area contributed by atoms with Gasteiger partial charge in [0.2, 0.25) is 0 Å². The number of H-pyrrole nitrogens is 1. The molecule has 0 radical (unpaired) electrons. The van der Waals surface area contributed by atoms with Crippen LogP contribution < -0.4 is 5.43 Å². The summed E-state index contributed by atoms with van der Waals surface area (Å²) in [4.78, 5) is 15.5. The molecule has 136 valence electrons. The van der Waals surface area contributed by atoms with Gasteiger partial charge < -0.3 is 25.0 Å². The summed E-state index contributed by atoms with van der Waals surface area (Å²) in [6.07, 6.45) is 1.92. The molecule has 4 heterocycles. The summed E-state index contributed by atoms with van der Waals surface area (Å²) in [5.41, 5.74) is 4.44. The molecule has 1 aliphatic rings. The smallest absolute Gasteiger partial charge is 0.177 e. The lowest BCUT2D eigenvalue weighted by atomic mass is 10.1. The van der Waals surface area contributed by atoms with Crippen molar-refractivity contribution in [3.05, 3.63) is 36.7 Å². The predicted molar refractivity (Wildman–Crippen MR) is 90.3 cm³/mol. The lowest BCUT2D eigenvalue weighted by Crippen LogP contribution is -2.33. The van der Waals surface area contributed by atoms with Gasteiger partial charge in [0.1, 0.15) is 24.6 Å². The number of aromatic amines is 1. The second-order valence-electron chi connectivity index (χ2n) is 5.77. The summed E-state index contributed by atoms with van der Waals surface area (Å²) in [7, 11) is 0. The molecule has 5 N–H and O–H groups in total. The summed E-state index contributed by atoms with van der Waals surface area (Å²) >= 11 is 0. The van der Waals surface area contributed by atoms with Crippen LogP contribution >= 0.6 is 0 Å². The Labute approximate surface area is 147 Å². The average Bonchev–Trinajstić information content (AvgIpc) is 3.37. The first-order chi connectivity index (χ1) is 12.7. The van der Waals surface area contributed by atoms with Crippen LogP contribution in [0.3, 0.4) is 0 Å². The normalized spacial score (nSPS) is 26.1. The molecule has 1 aliphatic heterocycles. The van der Waals surface area contributed by atoms with Crippen molar-refractivity contribution in [2.75, 3.05) is 12.0 Å². The molecule has 26 heavy (non-hydrogen) atoms. The topological polar surface area (TPSA) is 154 Å². The van der Waals surface area contributed by atoms with Crippen LogP contribution in [0.4, 0.5) is 5.82 Å². The Kier molecular flexibility index (Phi) is 4.34. The van der Waals surface area contributed by atoms with Crippen LogP contribution in [0, 0.1) is 0 Å². The van der Waals surface area contributed by atoms with E-state index in [1.165, 1.54) is 17.2 Å². The molecule has 1 saturated heterocycles. The first-order valence-electron chi connectivity index (χ1n) is 7.91. The van der Waals surface area contributed by atoms with Gasteiger partial charge in [-0.1, -0.05) is 0 Å². The molecule has 4 unspecified atom stereocenters. The molecule has 3 aromatic rings. The van der Waals surface area contributed by atoms with E-state index in [4.69, 9.17) is 4.74 Å². The summed E-state index contributed by atoms with van der Waals surface area (Å²) in [6, 6.07) is 3.71. The Hall–Kier alpha value is -2.86. The number of nitrogens with one attached hydrogen (secondary N) is 2. The van der Waals surface area contributed by atoms with Gasteiger partial charge in [0.25, 0.3) is 0 Å². The van der Waals surface area contributed by atoms with E-state index < -0.39 is 31.1 Å². The lowest BCUT2D eigenvalue weighted by molar-refractivity contribution is -0.0511. The number of aliphatic hydroxyl groups is 3. The molecule has 0 aliphatic carbocycles. The summed E-state index contributed by atoms with van der Waals surface area (Å²) < 4.78 is 7.00. The molecule has 0 saturated carbocycles. The third kappa shape index (κ3) is 2.82. The Morgan fingerprint density at radius 1 is 1.31 bits per heavy atom. The Bertz CT molecular complexity index is 910. The standard InChI is InChI=1S/C15H17N7O4/c23-5-9-11(24)12(25)15(26-9)22-7-19-10-13(17-6-18-14(10)22)21-20-4-8-2-1-3-16-8/h1-4,6-7,9,11-12,15-16,23-25H,5H2,(H,17,18,21)/b20-4+. The Balaban J connectivity index is 1.61. The second-order valence-corrected chi connectivity index (χ2v) is 5.77. The quantitative estimate of drug-likeness (QED) is 0.293. The number of fused-ring (bicyclic) bond motifs is 1. The zero-order chi connectivity index (χ0) is 18.1. The van der Waals surface area contributed by atoms with Crippen LogP contribution in [-0.2, 0) is 4.74 Å². The third-order valence-electron chi connectivity index (χ3n) is 4.15. The molecule has 0 amide bonds. The van der Waals surface area contributed by atoms with Gasteiger partial charge in [-0.2, -0.15) is 5.10 Å². The summed E-state index contributed by atoms with van der Waals surface area (Å²) in [5.74, 6) is 0.378. The largest absolute Gasteiger partial charge is 0.394 e.